The van der Waals surface area contributed by atoms with Crippen LogP contribution in [0.2, 0.25) is 0 Å². The summed E-state index contributed by atoms with van der Waals surface area (Å²) in [6.45, 7) is 9.40. The van der Waals surface area contributed by atoms with E-state index in [4.69, 9.17) is 5.73 Å². The van der Waals surface area contributed by atoms with Crippen LogP contribution < -0.4 is 11.1 Å². The molecule has 3 N–H and O–H groups in total. The van der Waals surface area contributed by atoms with Crippen molar-refractivity contribution in [3.05, 3.63) is 34.4 Å². The maximum atomic E-state index is 5.76. The molecule has 0 amide bonds. The van der Waals surface area contributed by atoms with Crippen LogP contribution in [-0.2, 0) is 0 Å². The Hall–Kier alpha value is -0.860. The Morgan fingerprint density at radius 2 is 1.69 bits per heavy atom. The Morgan fingerprint density at radius 3 is 2.19 bits per heavy atom. The third-order valence-electron chi connectivity index (χ3n) is 3.47. The van der Waals surface area contributed by atoms with Crippen LogP contribution in [0.1, 0.15) is 35.2 Å². The highest BCUT2D eigenvalue weighted by Crippen LogP contribution is 2.26. The van der Waals surface area contributed by atoms with E-state index >= 15 is 0 Å². The predicted octanol–water partition coefficient (Wildman–Crippen LogP) is 2.47. The van der Waals surface area contributed by atoms with Gasteiger partial charge in [-0.1, -0.05) is 19.1 Å². The largest absolute Gasteiger partial charge is 0.330 e. The molecule has 0 saturated heterocycles. The first-order valence-corrected chi connectivity index (χ1v) is 5.96. The molecule has 1 rings (SSSR count). The fourth-order valence-corrected chi connectivity index (χ4v) is 2.20. The van der Waals surface area contributed by atoms with E-state index in [0.717, 1.165) is 0 Å². The van der Waals surface area contributed by atoms with Crippen LogP contribution in [-0.4, -0.2) is 13.6 Å². The summed E-state index contributed by atoms with van der Waals surface area (Å²) in [7, 11) is 2.01. The predicted molar refractivity (Wildman–Crippen MR) is 70.7 cm³/mol. The van der Waals surface area contributed by atoms with Gasteiger partial charge in [-0.15, -0.1) is 0 Å². The minimum atomic E-state index is 0.351. The van der Waals surface area contributed by atoms with Gasteiger partial charge in [0.05, 0.1) is 0 Å². The molecule has 1 aromatic carbocycles. The summed E-state index contributed by atoms with van der Waals surface area (Å²) in [6, 6.07) is 4.90. The molecule has 2 heteroatoms. The molecule has 0 heterocycles. The lowest BCUT2D eigenvalue weighted by molar-refractivity contribution is 0.418. The second kappa shape index (κ2) is 5.46. The Bertz CT molecular complexity index is 358. The van der Waals surface area contributed by atoms with Gasteiger partial charge in [-0.05, 0) is 62.5 Å². The summed E-state index contributed by atoms with van der Waals surface area (Å²) in [4.78, 5) is 0. The smallest absolute Gasteiger partial charge is 0.0358 e. The fraction of sp³-hybridized carbons (Fsp3) is 0.571. The first-order chi connectivity index (χ1) is 7.51. The molecule has 16 heavy (non-hydrogen) atoms. The highest BCUT2D eigenvalue weighted by atomic mass is 14.9. The molecule has 0 bridgehead atoms. The average molecular weight is 220 g/mol. The molecule has 0 aliphatic heterocycles. The van der Waals surface area contributed by atoms with Gasteiger partial charge in [0, 0.05) is 6.04 Å². The molecule has 1 aromatic rings. The van der Waals surface area contributed by atoms with Crippen molar-refractivity contribution in [2.45, 2.75) is 33.7 Å². The molecule has 90 valence electrons. The number of rotatable bonds is 4. The van der Waals surface area contributed by atoms with E-state index in [1.807, 2.05) is 7.05 Å². The minimum Gasteiger partial charge on any atom is -0.330 e. The minimum absolute atomic E-state index is 0.351. The monoisotopic (exact) mass is 220 g/mol. The molecule has 2 atom stereocenters. The van der Waals surface area contributed by atoms with Crippen LogP contribution in [0.4, 0.5) is 0 Å². The number of benzene rings is 1. The zero-order valence-corrected chi connectivity index (χ0v) is 11.1. The SMILES string of the molecule is CNC(c1cc(C)c(C)cc1C)C(C)CN. The van der Waals surface area contributed by atoms with Gasteiger partial charge in [-0.3, -0.25) is 0 Å². The lowest BCUT2D eigenvalue weighted by atomic mass is 9.89. The second-order valence-electron chi connectivity index (χ2n) is 4.77. The van der Waals surface area contributed by atoms with Gasteiger partial charge in [0.1, 0.15) is 0 Å². The maximum absolute atomic E-state index is 5.76. The summed E-state index contributed by atoms with van der Waals surface area (Å²) in [5.41, 5.74) is 11.2. The van der Waals surface area contributed by atoms with Gasteiger partial charge in [-0.25, -0.2) is 0 Å². The first-order valence-electron chi connectivity index (χ1n) is 5.96. The van der Waals surface area contributed by atoms with Gasteiger partial charge in [0.25, 0.3) is 0 Å². The second-order valence-corrected chi connectivity index (χ2v) is 4.77. The number of hydrogen-bond donors (Lipinski definition) is 2. The lowest BCUT2D eigenvalue weighted by Gasteiger charge is -2.25. The standard InChI is InChI=1S/C14H24N2/c1-9-6-11(3)13(7-10(9)2)14(16-5)12(4)8-15/h6-7,12,14,16H,8,15H2,1-5H3. The number of nitrogens with one attached hydrogen (secondary N) is 1. The van der Waals surface area contributed by atoms with Crippen molar-refractivity contribution in [2.75, 3.05) is 13.6 Å². The average Bonchev–Trinajstić information content (AvgIpc) is 2.26. The van der Waals surface area contributed by atoms with Crippen molar-refractivity contribution < 1.29 is 0 Å². The van der Waals surface area contributed by atoms with Crippen LogP contribution in [0.5, 0.6) is 0 Å². The van der Waals surface area contributed by atoms with E-state index in [9.17, 15) is 0 Å². The summed E-state index contributed by atoms with van der Waals surface area (Å²) in [5, 5.41) is 3.38. The van der Waals surface area contributed by atoms with Crippen LogP contribution in [0.3, 0.4) is 0 Å². The van der Waals surface area contributed by atoms with E-state index < -0.39 is 0 Å². The van der Waals surface area contributed by atoms with E-state index in [1.165, 1.54) is 22.3 Å². The number of aryl methyl sites for hydroxylation is 3. The van der Waals surface area contributed by atoms with Crippen molar-refractivity contribution in [3.63, 3.8) is 0 Å². The normalized spacial score (nSPS) is 14.9. The van der Waals surface area contributed by atoms with Gasteiger partial charge in [-0.2, -0.15) is 0 Å². The number of hydrogen-bond acceptors (Lipinski definition) is 2. The van der Waals surface area contributed by atoms with Crippen molar-refractivity contribution in [1.29, 1.82) is 0 Å². The van der Waals surface area contributed by atoms with Gasteiger partial charge in [0.15, 0.2) is 0 Å². The zero-order valence-electron chi connectivity index (χ0n) is 11.1. The van der Waals surface area contributed by atoms with Crippen LogP contribution in [0, 0.1) is 26.7 Å². The van der Waals surface area contributed by atoms with E-state index in [2.05, 4.69) is 45.1 Å². The van der Waals surface area contributed by atoms with E-state index in [1.54, 1.807) is 0 Å². The number of nitrogens with two attached hydrogens (primary N) is 1. The molecule has 0 aliphatic carbocycles. The summed E-state index contributed by atoms with van der Waals surface area (Å²) >= 11 is 0. The highest BCUT2D eigenvalue weighted by Gasteiger charge is 2.18. The molecule has 0 fully saturated rings. The summed E-state index contributed by atoms with van der Waals surface area (Å²) in [5.74, 6) is 0.450. The lowest BCUT2D eigenvalue weighted by Crippen LogP contribution is -2.29. The molecule has 0 aliphatic rings. The van der Waals surface area contributed by atoms with Crippen LogP contribution >= 0.6 is 0 Å². The summed E-state index contributed by atoms with van der Waals surface area (Å²) in [6.07, 6.45) is 0. The Balaban J connectivity index is 3.15. The molecular formula is C14H24N2. The third-order valence-corrected chi connectivity index (χ3v) is 3.47. The first kappa shape index (κ1) is 13.2. The fourth-order valence-electron chi connectivity index (χ4n) is 2.20. The van der Waals surface area contributed by atoms with Gasteiger partial charge >= 0.3 is 0 Å². The van der Waals surface area contributed by atoms with Gasteiger partial charge < -0.3 is 11.1 Å². The quantitative estimate of drug-likeness (QED) is 0.818. The molecule has 2 unspecified atom stereocenters. The molecule has 0 aromatic heterocycles. The van der Waals surface area contributed by atoms with E-state index in [-0.39, 0.29) is 0 Å². The Labute approximate surface area is 99.2 Å². The molecule has 0 radical (unpaired) electrons. The maximum Gasteiger partial charge on any atom is 0.0358 e. The topological polar surface area (TPSA) is 38.0 Å². The Kier molecular flexibility index (Phi) is 4.51. The molecular weight excluding hydrogens is 196 g/mol. The summed E-state index contributed by atoms with van der Waals surface area (Å²) < 4.78 is 0. The molecule has 0 saturated carbocycles. The van der Waals surface area contributed by atoms with Crippen LogP contribution in [0.25, 0.3) is 0 Å². The molecule has 2 nitrogen and oxygen atoms in total. The van der Waals surface area contributed by atoms with Crippen molar-refractivity contribution in [3.8, 4) is 0 Å². The Morgan fingerprint density at radius 1 is 1.12 bits per heavy atom. The van der Waals surface area contributed by atoms with E-state index in [0.29, 0.717) is 18.5 Å². The zero-order chi connectivity index (χ0) is 12.3. The molecule has 0 spiro atoms. The third kappa shape index (κ3) is 2.63. The highest BCUT2D eigenvalue weighted by molar-refractivity contribution is 5.38. The van der Waals surface area contributed by atoms with Gasteiger partial charge in [0.2, 0.25) is 0 Å². The van der Waals surface area contributed by atoms with Crippen molar-refractivity contribution >= 4 is 0 Å². The van der Waals surface area contributed by atoms with Crippen molar-refractivity contribution in [1.82, 2.24) is 5.32 Å². The van der Waals surface area contributed by atoms with Crippen molar-refractivity contribution in [2.24, 2.45) is 11.7 Å². The van der Waals surface area contributed by atoms with Crippen LogP contribution in [0.15, 0.2) is 12.1 Å².